The maximum absolute atomic E-state index is 13.8. The number of nitrogens with one attached hydrogen (secondary N) is 1. The molecule has 1 heterocycles. The summed E-state index contributed by atoms with van der Waals surface area (Å²) in [4.78, 5) is 38.2. The Bertz CT molecular complexity index is 1250. The summed E-state index contributed by atoms with van der Waals surface area (Å²) in [7, 11) is 1.44. The van der Waals surface area contributed by atoms with Gasteiger partial charge in [0.2, 0.25) is 0 Å². The first kappa shape index (κ1) is 23.2. The maximum Gasteiger partial charge on any atom is 0.262 e. The molecule has 0 radical (unpaired) electrons. The van der Waals surface area contributed by atoms with Crippen molar-refractivity contribution < 1.29 is 28.2 Å². The molecule has 3 amide bonds. The third-order valence-electron chi connectivity index (χ3n) is 6.52. The highest BCUT2D eigenvalue weighted by atomic mass is 79.9. The van der Waals surface area contributed by atoms with Crippen LogP contribution in [0.1, 0.15) is 12.0 Å². The topological polar surface area (TPSA) is 97.3 Å². The molecular weight excluding hydrogens is 521 g/mol. The molecule has 8 nitrogen and oxygen atoms in total. The molecular formula is C25H21BrFN3O5. The van der Waals surface area contributed by atoms with Crippen LogP contribution in [0, 0.1) is 29.5 Å². The molecule has 1 aliphatic heterocycles. The smallest absolute Gasteiger partial charge is 0.262 e. The Balaban J connectivity index is 1.35. The van der Waals surface area contributed by atoms with E-state index in [1.165, 1.54) is 31.5 Å². The number of hydrogen-bond acceptors (Lipinski definition) is 6. The molecule has 2 aliphatic carbocycles. The Hall–Kier alpha value is -3.53. The number of allylic oxidation sites excluding steroid dienone is 2. The van der Waals surface area contributed by atoms with Gasteiger partial charge in [0.1, 0.15) is 5.82 Å². The van der Waals surface area contributed by atoms with E-state index in [-0.39, 0.29) is 46.9 Å². The Morgan fingerprint density at radius 1 is 1.20 bits per heavy atom. The lowest BCUT2D eigenvalue weighted by molar-refractivity contribution is -0.140. The summed E-state index contributed by atoms with van der Waals surface area (Å²) in [6.07, 6.45) is 6.20. The summed E-state index contributed by atoms with van der Waals surface area (Å²) in [6, 6.07) is 9.09. The zero-order chi connectivity index (χ0) is 24.7. The molecule has 0 spiro atoms. The molecule has 2 bridgehead atoms. The van der Waals surface area contributed by atoms with E-state index in [1.807, 2.05) is 12.2 Å². The van der Waals surface area contributed by atoms with Crippen LogP contribution in [0.15, 0.2) is 58.1 Å². The number of hydrazone groups is 1. The van der Waals surface area contributed by atoms with Crippen LogP contribution in [-0.2, 0) is 14.4 Å². The first-order valence-electron chi connectivity index (χ1n) is 11.0. The van der Waals surface area contributed by atoms with E-state index in [0.717, 1.165) is 11.4 Å². The summed E-state index contributed by atoms with van der Waals surface area (Å²) < 4.78 is 25.6. The molecule has 1 saturated carbocycles. The van der Waals surface area contributed by atoms with Gasteiger partial charge in [-0.15, -0.1) is 0 Å². The number of imide groups is 1. The van der Waals surface area contributed by atoms with Crippen molar-refractivity contribution in [3.8, 4) is 11.5 Å². The predicted octanol–water partition coefficient (Wildman–Crippen LogP) is 3.76. The fraction of sp³-hybridized carbons (Fsp3) is 0.280. The third-order valence-corrected chi connectivity index (χ3v) is 6.98. The molecule has 0 unspecified atom stereocenters. The number of para-hydroxylation sites is 1. The number of amides is 3. The molecule has 5 rings (SSSR count). The minimum Gasteiger partial charge on any atom is -0.493 e. The highest BCUT2D eigenvalue weighted by Crippen LogP contribution is 2.52. The molecule has 35 heavy (non-hydrogen) atoms. The van der Waals surface area contributed by atoms with Crippen molar-refractivity contribution in [2.24, 2.45) is 28.8 Å². The molecule has 1 N–H and O–H groups in total. The van der Waals surface area contributed by atoms with Gasteiger partial charge in [-0.3, -0.25) is 14.4 Å². The number of hydrogen-bond donors (Lipinski definition) is 1. The van der Waals surface area contributed by atoms with Crippen LogP contribution in [0.3, 0.4) is 0 Å². The second-order valence-corrected chi connectivity index (χ2v) is 9.49. The Kier molecular flexibility index (Phi) is 6.14. The minimum atomic E-state index is -0.580. The monoisotopic (exact) mass is 541 g/mol. The van der Waals surface area contributed by atoms with Gasteiger partial charge in [0.15, 0.2) is 18.1 Å². The predicted molar refractivity (Wildman–Crippen MR) is 128 cm³/mol. The second kappa shape index (κ2) is 9.26. The summed E-state index contributed by atoms with van der Waals surface area (Å²) in [5, 5.41) is 7.58. The summed E-state index contributed by atoms with van der Waals surface area (Å²) in [6.45, 7) is -0.437. The van der Waals surface area contributed by atoms with Gasteiger partial charge in [-0.05, 0) is 42.5 Å². The van der Waals surface area contributed by atoms with Crippen LogP contribution in [0.25, 0.3) is 0 Å². The Morgan fingerprint density at radius 3 is 2.54 bits per heavy atom. The van der Waals surface area contributed by atoms with Crippen LogP contribution < -0.4 is 14.8 Å². The fourth-order valence-corrected chi connectivity index (χ4v) is 5.45. The van der Waals surface area contributed by atoms with E-state index in [2.05, 4.69) is 26.3 Å². The van der Waals surface area contributed by atoms with Crippen LogP contribution in [-0.4, -0.2) is 42.7 Å². The number of ether oxygens (including phenoxy) is 2. The van der Waals surface area contributed by atoms with E-state index in [9.17, 15) is 18.8 Å². The lowest BCUT2D eigenvalue weighted by Gasteiger charge is -2.15. The normalized spacial score (nSPS) is 24.4. The molecule has 180 valence electrons. The SMILES string of the molecule is COc1cc(Br)cc(C=NN2C(=O)[C@@H]3[C@H](C2=O)[C@H]2C=C[C@H]3C2)c1OCC(=O)Nc1ccccc1F. The third kappa shape index (κ3) is 4.22. The summed E-state index contributed by atoms with van der Waals surface area (Å²) in [5.74, 6) is -1.81. The number of nitrogens with zero attached hydrogens (tertiary/aromatic N) is 2. The molecule has 2 aromatic rings. The Morgan fingerprint density at radius 2 is 1.89 bits per heavy atom. The number of anilines is 1. The fourth-order valence-electron chi connectivity index (χ4n) is 5.00. The van der Waals surface area contributed by atoms with Crippen LogP contribution >= 0.6 is 15.9 Å². The van der Waals surface area contributed by atoms with Crippen molar-refractivity contribution in [2.45, 2.75) is 6.42 Å². The average Bonchev–Trinajstić information content (AvgIpc) is 3.52. The van der Waals surface area contributed by atoms with Gasteiger partial charge in [0.25, 0.3) is 17.7 Å². The lowest BCUT2D eigenvalue weighted by Crippen LogP contribution is -2.28. The summed E-state index contributed by atoms with van der Waals surface area (Å²) in [5.41, 5.74) is 0.416. The number of halogens is 2. The number of carbonyl (C=O) groups is 3. The van der Waals surface area contributed by atoms with E-state index < -0.39 is 18.3 Å². The largest absolute Gasteiger partial charge is 0.493 e. The molecule has 3 aliphatic rings. The van der Waals surface area contributed by atoms with Crippen LogP contribution in [0.5, 0.6) is 11.5 Å². The van der Waals surface area contributed by atoms with Crippen molar-refractivity contribution >= 4 is 45.6 Å². The molecule has 1 saturated heterocycles. The van der Waals surface area contributed by atoms with Gasteiger partial charge in [0.05, 0.1) is 30.8 Å². The van der Waals surface area contributed by atoms with Crippen molar-refractivity contribution in [1.82, 2.24) is 5.01 Å². The zero-order valence-electron chi connectivity index (χ0n) is 18.6. The van der Waals surface area contributed by atoms with Crippen molar-refractivity contribution in [3.63, 3.8) is 0 Å². The quantitative estimate of drug-likeness (QED) is 0.327. The van der Waals surface area contributed by atoms with Gasteiger partial charge < -0.3 is 14.8 Å². The second-order valence-electron chi connectivity index (χ2n) is 8.58. The summed E-state index contributed by atoms with van der Waals surface area (Å²) >= 11 is 3.39. The minimum absolute atomic E-state index is 0.0331. The number of benzene rings is 2. The van der Waals surface area contributed by atoms with Gasteiger partial charge in [-0.2, -0.15) is 10.1 Å². The van der Waals surface area contributed by atoms with Crippen molar-refractivity contribution in [3.05, 3.63) is 64.4 Å². The zero-order valence-corrected chi connectivity index (χ0v) is 20.2. The van der Waals surface area contributed by atoms with Crippen molar-refractivity contribution in [1.29, 1.82) is 0 Å². The Labute approximate surface area is 208 Å². The highest BCUT2D eigenvalue weighted by Gasteiger charge is 2.59. The average molecular weight is 542 g/mol. The molecule has 2 fully saturated rings. The first-order valence-corrected chi connectivity index (χ1v) is 11.8. The molecule has 2 aromatic carbocycles. The van der Waals surface area contributed by atoms with E-state index >= 15 is 0 Å². The van der Waals surface area contributed by atoms with Gasteiger partial charge in [-0.1, -0.05) is 40.2 Å². The van der Waals surface area contributed by atoms with E-state index in [1.54, 1.807) is 18.2 Å². The highest BCUT2D eigenvalue weighted by molar-refractivity contribution is 9.10. The number of carbonyl (C=O) groups excluding carboxylic acids is 3. The molecule has 10 heteroatoms. The van der Waals surface area contributed by atoms with Crippen LogP contribution in [0.4, 0.5) is 10.1 Å². The lowest BCUT2D eigenvalue weighted by atomic mass is 9.85. The van der Waals surface area contributed by atoms with Gasteiger partial charge in [0, 0.05) is 10.0 Å². The van der Waals surface area contributed by atoms with Crippen molar-refractivity contribution in [2.75, 3.05) is 19.0 Å². The van der Waals surface area contributed by atoms with Gasteiger partial charge >= 0.3 is 0 Å². The molecule has 4 atom stereocenters. The van der Waals surface area contributed by atoms with Gasteiger partial charge in [-0.25, -0.2) is 4.39 Å². The van der Waals surface area contributed by atoms with E-state index in [4.69, 9.17) is 9.47 Å². The number of rotatable bonds is 7. The van der Waals surface area contributed by atoms with E-state index in [0.29, 0.717) is 15.8 Å². The standard InChI is InChI=1S/C25H21BrFN3O5/c1-34-19-10-16(26)9-15(23(19)35-12-20(31)29-18-5-3-2-4-17(18)27)11-28-30-24(32)21-13-6-7-14(8-13)22(21)25(30)33/h2-7,9-11,13-14,21-22H,8,12H2,1H3,(H,29,31)/t13-,14-,21-,22+/m0/s1. The number of methoxy groups -OCH3 is 1. The molecule has 0 aromatic heterocycles. The maximum atomic E-state index is 13.8. The number of fused-ring (bicyclic) bond motifs is 5. The van der Waals surface area contributed by atoms with Crippen LogP contribution in [0.2, 0.25) is 0 Å². The first-order chi connectivity index (χ1) is 16.9.